The molecule has 2 aliphatic rings. The molecule has 0 aromatic carbocycles. The Kier molecular flexibility index (Phi) is 5.27. The Morgan fingerprint density at radius 3 is 2.57 bits per heavy atom. The normalized spacial score (nSPS) is 31.5. The highest BCUT2D eigenvalue weighted by Crippen LogP contribution is 2.34. The quantitative estimate of drug-likeness (QED) is 0.713. The molecule has 21 heavy (non-hydrogen) atoms. The van der Waals surface area contributed by atoms with Crippen LogP contribution in [0, 0.1) is 5.92 Å². The zero-order valence-electron chi connectivity index (χ0n) is 13.1. The van der Waals surface area contributed by atoms with E-state index in [1.165, 1.54) is 11.4 Å². The molecule has 1 aliphatic carbocycles. The standard InChI is InChI=1S/C14H26N2O4S/c1-15-9-5-6-11(10-15)16(2)21(18,19)13-8-4-7-12(13)14(17)20-3/h11-13H,4-10H2,1-3H3. The maximum atomic E-state index is 12.9. The van der Waals surface area contributed by atoms with E-state index in [1.54, 1.807) is 7.05 Å². The maximum Gasteiger partial charge on any atom is 0.310 e. The van der Waals surface area contributed by atoms with Gasteiger partial charge in [0.25, 0.3) is 0 Å². The van der Waals surface area contributed by atoms with Crippen molar-refractivity contribution in [2.24, 2.45) is 5.92 Å². The molecule has 2 fully saturated rings. The van der Waals surface area contributed by atoms with Gasteiger partial charge in [0.1, 0.15) is 0 Å². The number of nitrogens with zero attached hydrogens (tertiary/aromatic N) is 2. The molecule has 0 N–H and O–H groups in total. The Labute approximate surface area is 127 Å². The Balaban J connectivity index is 2.14. The Bertz CT molecular complexity index is 479. The van der Waals surface area contributed by atoms with Crippen LogP contribution in [0.3, 0.4) is 0 Å². The number of sulfonamides is 1. The van der Waals surface area contributed by atoms with Gasteiger partial charge in [0, 0.05) is 19.6 Å². The molecule has 0 aromatic rings. The van der Waals surface area contributed by atoms with E-state index >= 15 is 0 Å². The van der Waals surface area contributed by atoms with Crippen LogP contribution in [-0.4, -0.2) is 69.2 Å². The summed E-state index contributed by atoms with van der Waals surface area (Å²) in [6.45, 7) is 1.77. The second-order valence-corrected chi connectivity index (χ2v) is 8.43. The topological polar surface area (TPSA) is 66.9 Å². The number of methoxy groups -OCH3 is 1. The average Bonchev–Trinajstić information content (AvgIpc) is 2.95. The van der Waals surface area contributed by atoms with Crippen LogP contribution in [0.2, 0.25) is 0 Å². The summed E-state index contributed by atoms with van der Waals surface area (Å²) in [6, 6.07) is 0.00708. The Morgan fingerprint density at radius 1 is 1.24 bits per heavy atom. The average molecular weight is 318 g/mol. The summed E-state index contributed by atoms with van der Waals surface area (Å²) in [4.78, 5) is 14.0. The van der Waals surface area contributed by atoms with Crippen LogP contribution in [0.5, 0.6) is 0 Å². The molecule has 3 unspecified atom stereocenters. The largest absolute Gasteiger partial charge is 0.469 e. The molecule has 2 rings (SSSR count). The van der Waals surface area contributed by atoms with Crippen LogP contribution in [0.15, 0.2) is 0 Å². The predicted molar refractivity (Wildman–Crippen MR) is 80.3 cm³/mol. The highest BCUT2D eigenvalue weighted by atomic mass is 32.2. The third-order valence-electron chi connectivity index (χ3n) is 4.85. The van der Waals surface area contributed by atoms with Crippen molar-refractivity contribution in [2.75, 3.05) is 34.3 Å². The molecule has 1 aliphatic heterocycles. The fourth-order valence-corrected chi connectivity index (χ4v) is 5.70. The lowest BCUT2D eigenvalue weighted by Crippen LogP contribution is -2.50. The minimum absolute atomic E-state index is 0.00708. The van der Waals surface area contributed by atoms with Crippen LogP contribution in [0.1, 0.15) is 32.1 Å². The van der Waals surface area contributed by atoms with E-state index in [1.807, 2.05) is 7.05 Å². The number of carbonyl (C=O) groups is 1. The summed E-state index contributed by atoms with van der Waals surface area (Å²) in [6.07, 6.45) is 3.81. The van der Waals surface area contributed by atoms with Crippen molar-refractivity contribution in [3.63, 3.8) is 0 Å². The lowest BCUT2D eigenvalue weighted by Gasteiger charge is -2.36. The molecule has 0 spiro atoms. The van der Waals surface area contributed by atoms with Gasteiger partial charge in [-0.05, 0) is 39.3 Å². The lowest BCUT2D eigenvalue weighted by molar-refractivity contribution is -0.145. The third-order valence-corrected chi connectivity index (χ3v) is 7.28. The van der Waals surface area contributed by atoms with E-state index in [2.05, 4.69) is 4.90 Å². The first kappa shape index (κ1) is 16.7. The van der Waals surface area contributed by atoms with E-state index in [9.17, 15) is 13.2 Å². The van der Waals surface area contributed by atoms with Gasteiger partial charge in [-0.25, -0.2) is 12.7 Å². The van der Waals surface area contributed by atoms with Gasteiger partial charge in [-0.2, -0.15) is 0 Å². The molecule has 0 aromatic heterocycles. The minimum atomic E-state index is -3.46. The van der Waals surface area contributed by atoms with E-state index in [4.69, 9.17) is 4.74 Å². The van der Waals surface area contributed by atoms with E-state index < -0.39 is 27.2 Å². The van der Waals surface area contributed by atoms with Crippen molar-refractivity contribution in [3.8, 4) is 0 Å². The first-order valence-electron chi connectivity index (χ1n) is 7.61. The lowest BCUT2D eigenvalue weighted by atomic mass is 10.1. The summed E-state index contributed by atoms with van der Waals surface area (Å²) < 4.78 is 32.0. The van der Waals surface area contributed by atoms with Gasteiger partial charge in [0.15, 0.2) is 0 Å². The molecule has 122 valence electrons. The highest BCUT2D eigenvalue weighted by molar-refractivity contribution is 7.89. The smallest absolute Gasteiger partial charge is 0.310 e. The monoisotopic (exact) mass is 318 g/mol. The molecule has 1 heterocycles. The molecule has 1 saturated carbocycles. The van der Waals surface area contributed by atoms with Crippen molar-refractivity contribution in [2.45, 2.75) is 43.4 Å². The minimum Gasteiger partial charge on any atom is -0.469 e. The molecule has 6 nitrogen and oxygen atoms in total. The third kappa shape index (κ3) is 3.40. The Hall–Kier alpha value is -0.660. The number of hydrogen-bond donors (Lipinski definition) is 0. The van der Waals surface area contributed by atoms with Gasteiger partial charge in [0.05, 0.1) is 18.3 Å². The number of rotatable bonds is 4. The molecular formula is C14H26N2O4S. The van der Waals surface area contributed by atoms with Crippen molar-refractivity contribution >= 4 is 16.0 Å². The summed E-state index contributed by atoms with van der Waals surface area (Å²) in [5, 5.41) is -0.623. The van der Waals surface area contributed by atoms with E-state index in [-0.39, 0.29) is 6.04 Å². The SMILES string of the molecule is COC(=O)C1CCCC1S(=O)(=O)N(C)C1CCCN(C)C1. The fourth-order valence-electron chi connectivity index (χ4n) is 3.56. The molecular weight excluding hydrogens is 292 g/mol. The predicted octanol–water partition coefficient (Wildman–Crippen LogP) is 0.684. The van der Waals surface area contributed by atoms with Gasteiger partial charge in [0.2, 0.25) is 10.0 Å². The highest BCUT2D eigenvalue weighted by Gasteiger charge is 2.45. The maximum absolute atomic E-state index is 12.9. The van der Waals surface area contributed by atoms with Crippen LogP contribution in [0.25, 0.3) is 0 Å². The first-order chi connectivity index (χ1) is 9.87. The van der Waals surface area contributed by atoms with Gasteiger partial charge in [-0.1, -0.05) is 6.42 Å². The second-order valence-electron chi connectivity index (χ2n) is 6.22. The van der Waals surface area contributed by atoms with Crippen molar-refractivity contribution in [1.82, 2.24) is 9.21 Å². The summed E-state index contributed by atoms with van der Waals surface area (Å²) in [5.41, 5.74) is 0. The van der Waals surface area contributed by atoms with Gasteiger partial charge < -0.3 is 9.64 Å². The van der Waals surface area contributed by atoms with E-state index in [0.717, 1.165) is 32.4 Å². The summed E-state index contributed by atoms with van der Waals surface area (Å²) >= 11 is 0. The molecule has 0 radical (unpaired) electrons. The Morgan fingerprint density at radius 2 is 1.95 bits per heavy atom. The summed E-state index contributed by atoms with van der Waals surface area (Å²) in [7, 11) is 1.54. The first-order valence-corrected chi connectivity index (χ1v) is 9.11. The van der Waals surface area contributed by atoms with Crippen LogP contribution < -0.4 is 0 Å². The second kappa shape index (κ2) is 6.62. The zero-order chi connectivity index (χ0) is 15.6. The number of hydrogen-bond acceptors (Lipinski definition) is 5. The van der Waals surface area contributed by atoms with Crippen LogP contribution >= 0.6 is 0 Å². The number of ether oxygens (including phenoxy) is 1. The molecule has 7 heteroatoms. The van der Waals surface area contributed by atoms with Gasteiger partial charge in [-0.15, -0.1) is 0 Å². The number of likely N-dealkylation sites (N-methyl/N-ethyl adjacent to an activating group) is 2. The van der Waals surface area contributed by atoms with Crippen LogP contribution in [-0.2, 0) is 19.6 Å². The van der Waals surface area contributed by atoms with Crippen molar-refractivity contribution < 1.29 is 17.9 Å². The van der Waals surface area contributed by atoms with Crippen LogP contribution in [0.4, 0.5) is 0 Å². The zero-order valence-corrected chi connectivity index (χ0v) is 13.9. The molecule has 3 atom stereocenters. The number of likely N-dealkylation sites (tertiary alicyclic amines) is 1. The number of piperidine rings is 1. The summed E-state index contributed by atoms with van der Waals surface area (Å²) in [5.74, 6) is -0.904. The van der Waals surface area contributed by atoms with Crippen molar-refractivity contribution in [3.05, 3.63) is 0 Å². The number of esters is 1. The van der Waals surface area contributed by atoms with Gasteiger partial charge in [-0.3, -0.25) is 4.79 Å². The molecule has 0 bridgehead atoms. The number of carbonyl (C=O) groups excluding carboxylic acids is 1. The molecule has 1 saturated heterocycles. The fraction of sp³-hybridized carbons (Fsp3) is 0.929. The van der Waals surface area contributed by atoms with E-state index in [0.29, 0.717) is 12.8 Å². The van der Waals surface area contributed by atoms with Crippen molar-refractivity contribution in [1.29, 1.82) is 0 Å². The molecule has 0 amide bonds. The van der Waals surface area contributed by atoms with Gasteiger partial charge >= 0.3 is 5.97 Å².